The third-order valence-electron chi connectivity index (χ3n) is 9.45. The van der Waals surface area contributed by atoms with Crippen molar-refractivity contribution in [2.24, 2.45) is 0 Å². The summed E-state index contributed by atoms with van der Waals surface area (Å²) < 4.78 is 28.4. The first kappa shape index (κ1) is 31.3. The number of nitrogens with one attached hydrogen (secondary N) is 1. The Kier molecular flexibility index (Phi) is 8.00. The summed E-state index contributed by atoms with van der Waals surface area (Å²) in [5, 5.41) is 1.75. The minimum absolute atomic E-state index is 0.0120. The van der Waals surface area contributed by atoms with Crippen LogP contribution in [0.2, 0.25) is 0 Å². The highest BCUT2D eigenvalue weighted by Crippen LogP contribution is 2.41. The summed E-state index contributed by atoms with van der Waals surface area (Å²) in [4.78, 5) is 30.4. The fourth-order valence-electron chi connectivity index (χ4n) is 6.74. The first-order valence-corrected chi connectivity index (χ1v) is 17.9. The van der Waals surface area contributed by atoms with Gasteiger partial charge in [0.25, 0.3) is 15.9 Å². The van der Waals surface area contributed by atoms with E-state index >= 15 is 0 Å². The summed E-state index contributed by atoms with van der Waals surface area (Å²) in [6.07, 6.45) is 5.49. The summed E-state index contributed by atoms with van der Waals surface area (Å²) in [6, 6.07) is 35.9. The Balaban J connectivity index is 1.15. The van der Waals surface area contributed by atoms with Crippen LogP contribution in [0.3, 0.4) is 0 Å². The summed E-state index contributed by atoms with van der Waals surface area (Å²) in [7, 11) is -2.20. The predicted octanol–water partition coefficient (Wildman–Crippen LogP) is 7.23. The van der Waals surface area contributed by atoms with Crippen LogP contribution in [-0.4, -0.2) is 67.4 Å². The van der Waals surface area contributed by atoms with Crippen LogP contribution in [-0.2, 0) is 10.0 Å². The molecule has 3 aromatic heterocycles. The second-order valence-electron chi connectivity index (χ2n) is 12.3. The van der Waals surface area contributed by atoms with E-state index in [1.165, 1.54) is 4.31 Å². The first-order chi connectivity index (χ1) is 24.4. The third-order valence-corrected chi connectivity index (χ3v) is 11.3. The Morgan fingerprint density at radius 3 is 2.20 bits per heavy atom. The molecule has 0 atom stereocenters. The van der Waals surface area contributed by atoms with Crippen LogP contribution in [0.25, 0.3) is 44.2 Å². The maximum atomic E-state index is 13.5. The molecule has 0 saturated carbocycles. The fourth-order valence-corrected chi connectivity index (χ4v) is 7.94. The number of benzene rings is 4. The summed E-state index contributed by atoms with van der Waals surface area (Å²) >= 11 is 0. The van der Waals surface area contributed by atoms with E-state index in [-0.39, 0.29) is 10.8 Å². The Labute approximate surface area is 290 Å². The van der Waals surface area contributed by atoms with Crippen molar-refractivity contribution in [1.29, 1.82) is 0 Å². The van der Waals surface area contributed by atoms with Gasteiger partial charge in [-0.2, -0.15) is 0 Å². The lowest BCUT2D eigenvalue weighted by molar-refractivity contribution is 0.0747. The van der Waals surface area contributed by atoms with E-state index in [0.29, 0.717) is 30.0 Å². The van der Waals surface area contributed by atoms with Crippen molar-refractivity contribution in [3.8, 4) is 22.3 Å². The fraction of sp³-hybridized carbons (Fsp3) is 0.125. The Morgan fingerprint density at radius 1 is 0.780 bits per heavy atom. The van der Waals surface area contributed by atoms with E-state index in [2.05, 4.69) is 27.0 Å². The molecule has 10 heteroatoms. The van der Waals surface area contributed by atoms with Crippen LogP contribution in [0.15, 0.2) is 139 Å². The highest BCUT2D eigenvalue weighted by atomic mass is 32.2. The molecular formula is C40H34N6O3S. The van der Waals surface area contributed by atoms with Gasteiger partial charge >= 0.3 is 0 Å². The number of piperazine rings is 1. The number of aromatic amines is 1. The maximum Gasteiger partial charge on any atom is 0.264 e. The van der Waals surface area contributed by atoms with Gasteiger partial charge in [0, 0.05) is 78.6 Å². The molecule has 1 saturated heterocycles. The van der Waals surface area contributed by atoms with Crippen molar-refractivity contribution in [3.05, 3.63) is 139 Å². The Morgan fingerprint density at radius 2 is 1.50 bits per heavy atom. The molecule has 4 aromatic carbocycles. The molecule has 0 unspecified atom stereocenters. The number of anilines is 2. The number of fused-ring (bicyclic) bond motifs is 3. The molecule has 0 aliphatic carbocycles. The van der Waals surface area contributed by atoms with Crippen LogP contribution in [0.1, 0.15) is 10.4 Å². The van der Waals surface area contributed by atoms with Crippen molar-refractivity contribution in [2.75, 3.05) is 42.4 Å². The van der Waals surface area contributed by atoms with Gasteiger partial charge in [0.1, 0.15) is 5.65 Å². The molecule has 1 N–H and O–H groups in total. The number of carbonyl (C=O) groups is 1. The lowest BCUT2D eigenvalue weighted by Crippen LogP contribution is -2.48. The standard InChI is InChI=1S/C40H34N6O3S/c1-44(50(48,49)33-12-6-3-7-13-33)31-18-19-36-34(25-31)38-37(29-9-4-2-5-10-29)35(27-42-39(38)43-36)28-14-16-30(17-15-28)40(47)46-23-21-45(22-24-46)32-11-8-20-41-26-32/h2-20,25-27H,21-24H2,1H3,(H,42,43). The topological polar surface area (TPSA) is 102 Å². The molecule has 50 heavy (non-hydrogen) atoms. The largest absolute Gasteiger partial charge is 0.367 e. The van der Waals surface area contributed by atoms with Gasteiger partial charge in [-0.1, -0.05) is 60.7 Å². The molecule has 0 bridgehead atoms. The maximum absolute atomic E-state index is 13.5. The van der Waals surface area contributed by atoms with Crippen LogP contribution in [0.5, 0.6) is 0 Å². The monoisotopic (exact) mass is 678 g/mol. The van der Waals surface area contributed by atoms with Crippen molar-refractivity contribution in [2.45, 2.75) is 4.90 Å². The van der Waals surface area contributed by atoms with Crippen molar-refractivity contribution in [1.82, 2.24) is 19.9 Å². The van der Waals surface area contributed by atoms with Gasteiger partial charge in [-0.15, -0.1) is 0 Å². The van der Waals surface area contributed by atoms with Gasteiger partial charge in [-0.05, 0) is 65.7 Å². The molecule has 7 aromatic rings. The molecule has 1 amide bonds. The number of carbonyl (C=O) groups excluding carboxylic acids is 1. The number of amides is 1. The quantitative estimate of drug-likeness (QED) is 0.191. The zero-order valence-corrected chi connectivity index (χ0v) is 28.2. The minimum atomic E-state index is -3.77. The van der Waals surface area contributed by atoms with E-state index in [4.69, 9.17) is 4.98 Å². The first-order valence-electron chi connectivity index (χ1n) is 16.5. The molecule has 1 aliphatic heterocycles. The lowest BCUT2D eigenvalue weighted by Gasteiger charge is -2.36. The van der Waals surface area contributed by atoms with Gasteiger partial charge in [-0.3, -0.25) is 14.1 Å². The smallest absolute Gasteiger partial charge is 0.264 e. The predicted molar refractivity (Wildman–Crippen MR) is 199 cm³/mol. The number of hydrogen-bond donors (Lipinski definition) is 1. The van der Waals surface area contributed by atoms with Gasteiger partial charge in [0.05, 0.1) is 22.5 Å². The van der Waals surface area contributed by atoms with Crippen molar-refractivity contribution >= 4 is 49.2 Å². The van der Waals surface area contributed by atoms with Gasteiger partial charge in [-0.25, -0.2) is 13.4 Å². The minimum Gasteiger partial charge on any atom is -0.367 e. The zero-order valence-electron chi connectivity index (χ0n) is 27.4. The molecule has 1 fully saturated rings. The second kappa shape index (κ2) is 12.8. The van der Waals surface area contributed by atoms with Crippen LogP contribution < -0.4 is 9.21 Å². The van der Waals surface area contributed by atoms with Gasteiger partial charge in [0.15, 0.2) is 0 Å². The number of nitrogens with zero attached hydrogens (tertiary/aromatic N) is 5. The Hall–Kier alpha value is -6.00. The van der Waals surface area contributed by atoms with Crippen LogP contribution in [0.4, 0.5) is 11.4 Å². The van der Waals surface area contributed by atoms with E-state index in [0.717, 1.165) is 57.3 Å². The number of sulfonamides is 1. The van der Waals surface area contributed by atoms with Crippen LogP contribution in [0, 0.1) is 0 Å². The third kappa shape index (κ3) is 5.63. The molecule has 0 spiro atoms. The number of pyridine rings is 2. The second-order valence-corrected chi connectivity index (χ2v) is 14.3. The van der Waals surface area contributed by atoms with Gasteiger partial charge < -0.3 is 14.8 Å². The van der Waals surface area contributed by atoms with E-state index in [1.54, 1.807) is 49.6 Å². The highest BCUT2D eigenvalue weighted by molar-refractivity contribution is 7.92. The normalized spacial score (nSPS) is 13.5. The number of aromatic nitrogens is 3. The van der Waals surface area contributed by atoms with E-state index in [1.807, 2.05) is 84.0 Å². The highest BCUT2D eigenvalue weighted by Gasteiger charge is 2.25. The van der Waals surface area contributed by atoms with Crippen LogP contribution >= 0.6 is 0 Å². The molecule has 8 rings (SSSR count). The number of H-pyrrole nitrogens is 1. The summed E-state index contributed by atoms with van der Waals surface area (Å²) in [6.45, 7) is 2.78. The Bertz CT molecular complexity index is 2430. The summed E-state index contributed by atoms with van der Waals surface area (Å²) in [5.41, 5.74) is 7.59. The average molecular weight is 679 g/mol. The molecule has 248 valence electrons. The molecule has 9 nitrogen and oxygen atoms in total. The van der Waals surface area contributed by atoms with E-state index < -0.39 is 10.0 Å². The number of rotatable bonds is 7. The lowest BCUT2D eigenvalue weighted by atomic mass is 9.92. The SMILES string of the molecule is CN(c1ccc2[nH]c3ncc(-c4ccc(C(=O)N5CCN(c6cccnc6)CC5)cc4)c(-c4ccccc4)c3c2c1)S(=O)(=O)c1ccccc1. The van der Waals surface area contributed by atoms with Crippen molar-refractivity contribution < 1.29 is 13.2 Å². The summed E-state index contributed by atoms with van der Waals surface area (Å²) in [5.74, 6) is 0.0120. The van der Waals surface area contributed by atoms with E-state index in [9.17, 15) is 13.2 Å². The molecule has 0 radical (unpaired) electrons. The molecular weight excluding hydrogens is 645 g/mol. The number of hydrogen-bond acceptors (Lipinski definition) is 6. The zero-order chi connectivity index (χ0) is 34.2. The molecule has 4 heterocycles. The average Bonchev–Trinajstić information content (AvgIpc) is 3.56. The molecule has 1 aliphatic rings. The van der Waals surface area contributed by atoms with Gasteiger partial charge in [0.2, 0.25) is 0 Å². The van der Waals surface area contributed by atoms with Crippen molar-refractivity contribution in [3.63, 3.8) is 0 Å².